The van der Waals surface area contributed by atoms with Crippen molar-refractivity contribution in [3.05, 3.63) is 47.5 Å². The van der Waals surface area contributed by atoms with E-state index in [4.69, 9.17) is 9.47 Å². The average molecular weight is 272 g/mol. The van der Waals surface area contributed by atoms with Gasteiger partial charge in [-0.2, -0.15) is 0 Å². The minimum Gasteiger partial charge on any atom is -0.508 e. The van der Waals surface area contributed by atoms with Crippen LogP contribution in [0, 0.1) is 0 Å². The normalized spacial score (nSPS) is 17.1. The summed E-state index contributed by atoms with van der Waals surface area (Å²) in [6, 6.07) is 10.4. The van der Waals surface area contributed by atoms with Crippen LogP contribution >= 0.6 is 0 Å². The van der Waals surface area contributed by atoms with Gasteiger partial charge in [-0.1, -0.05) is 6.07 Å². The maximum absolute atomic E-state index is 9.93. The fourth-order valence-corrected chi connectivity index (χ4v) is 2.50. The Labute approximate surface area is 117 Å². The third kappa shape index (κ3) is 2.25. The van der Waals surface area contributed by atoms with Crippen LogP contribution in [0.15, 0.2) is 36.4 Å². The molecule has 0 aromatic heterocycles. The van der Waals surface area contributed by atoms with Crippen LogP contribution < -0.4 is 9.47 Å². The molecule has 1 unspecified atom stereocenters. The van der Waals surface area contributed by atoms with E-state index in [9.17, 15) is 10.2 Å². The number of benzene rings is 2. The lowest BCUT2D eigenvalue weighted by Crippen LogP contribution is -2.15. The predicted octanol–water partition coefficient (Wildman–Crippen LogP) is 3.17. The summed E-state index contributed by atoms with van der Waals surface area (Å²) in [5, 5.41) is 19.3. The zero-order valence-electron chi connectivity index (χ0n) is 11.2. The molecule has 0 aliphatic carbocycles. The Morgan fingerprint density at radius 1 is 1.15 bits per heavy atom. The molecule has 4 heteroatoms. The number of hydrogen-bond acceptors (Lipinski definition) is 4. The first-order valence-corrected chi connectivity index (χ1v) is 6.53. The van der Waals surface area contributed by atoms with Gasteiger partial charge in [-0.3, -0.25) is 0 Å². The maximum Gasteiger partial charge on any atom is 0.128 e. The highest BCUT2D eigenvalue weighted by Crippen LogP contribution is 2.40. The monoisotopic (exact) mass is 272 g/mol. The first-order chi connectivity index (χ1) is 9.67. The number of phenols is 2. The van der Waals surface area contributed by atoms with Crippen LogP contribution in [-0.2, 0) is 6.42 Å². The third-order valence-electron chi connectivity index (χ3n) is 3.58. The predicted molar refractivity (Wildman–Crippen MR) is 74.5 cm³/mol. The molecule has 2 aromatic rings. The lowest BCUT2D eigenvalue weighted by Gasteiger charge is -2.27. The molecule has 1 atom stereocenters. The summed E-state index contributed by atoms with van der Waals surface area (Å²) in [5.41, 5.74) is 1.83. The van der Waals surface area contributed by atoms with Gasteiger partial charge in [-0.15, -0.1) is 0 Å². The molecule has 1 aliphatic heterocycles. The van der Waals surface area contributed by atoms with Gasteiger partial charge in [0, 0.05) is 17.7 Å². The Bertz CT molecular complexity index is 636. The second-order valence-electron chi connectivity index (χ2n) is 4.86. The van der Waals surface area contributed by atoms with Gasteiger partial charge in [0.05, 0.1) is 7.11 Å². The van der Waals surface area contributed by atoms with E-state index in [2.05, 4.69) is 0 Å². The fraction of sp³-hybridized carbons (Fsp3) is 0.250. The number of phenolic OH excluding ortho intramolecular Hbond substituents is 2. The number of fused-ring (bicyclic) bond motifs is 1. The van der Waals surface area contributed by atoms with Crippen LogP contribution in [-0.4, -0.2) is 17.3 Å². The number of rotatable bonds is 2. The second-order valence-corrected chi connectivity index (χ2v) is 4.86. The van der Waals surface area contributed by atoms with Crippen LogP contribution in [0.2, 0.25) is 0 Å². The van der Waals surface area contributed by atoms with E-state index in [1.54, 1.807) is 19.2 Å². The lowest BCUT2D eigenvalue weighted by atomic mass is 9.96. The molecule has 2 N–H and O–H groups in total. The summed E-state index contributed by atoms with van der Waals surface area (Å²) < 4.78 is 11.2. The highest BCUT2D eigenvalue weighted by Gasteiger charge is 2.24. The second kappa shape index (κ2) is 4.96. The van der Waals surface area contributed by atoms with E-state index in [1.807, 2.05) is 18.2 Å². The van der Waals surface area contributed by atoms with Crippen molar-refractivity contribution in [2.75, 3.05) is 7.11 Å². The van der Waals surface area contributed by atoms with Gasteiger partial charge in [-0.05, 0) is 36.6 Å². The van der Waals surface area contributed by atoms with Crippen molar-refractivity contribution in [2.45, 2.75) is 18.9 Å². The zero-order chi connectivity index (χ0) is 14.1. The molecular weight excluding hydrogens is 256 g/mol. The molecule has 3 rings (SSSR count). The van der Waals surface area contributed by atoms with Crippen molar-refractivity contribution in [1.29, 1.82) is 0 Å². The Morgan fingerprint density at radius 3 is 2.75 bits per heavy atom. The van der Waals surface area contributed by atoms with Crippen LogP contribution in [0.3, 0.4) is 0 Å². The van der Waals surface area contributed by atoms with Crippen molar-refractivity contribution in [3.8, 4) is 23.0 Å². The summed E-state index contributed by atoms with van der Waals surface area (Å²) >= 11 is 0. The molecule has 0 saturated carbocycles. The molecule has 4 nitrogen and oxygen atoms in total. The highest BCUT2D eigenvalue weighted by atomic mass is 16.5. The van der Waals surface area contributed by atoms with Gasteiger partial charge in [0.15, 0.2) is 0 Å². The molecule has 0 saturated heterocycles. The van der Waals surface area contributed by atoms with Gasteiger partial charge in [0.1, 0.15) is 29.1 Å². The van der Waals surface area contributed by atoms with Crippen molar-refractivity contribution in [2.24, 2.45) is 0 Å². The van der Waals surface area contributed by atoms with Gasteiger partial charge in [0.2, 0.25) is 0 Å². The molecule has 20 heavy (non-hydrogen) atoms. The minimum atomic E-state index is -0.213. The Balaban J connectivity index is 1.91. The number of methoxy groups -OCH3 is 1. The molecule has 0 radical (unpaired) electrons. The smallest absolute Gasteiger partial charge is 0.128 e. The first-order valence-electron chi connectivity index (χ1n) is 6.53. The summed E-state index contributed by atoms with van der Waals surface area (Å²) in [4.78, 5) is 0. The van der Waals surface area contributed by atoms with Crippen molar-refractivity contribution < 1.29 is 19.7 Å². The Morgan fingerprint density at radius 2 is 2.00 bits per heavy atom. The minimum absolute atomic E-state index is 0.0455. The van der Waals surface area contributed by atoms with Gasteiger partial charge in [-0.25, -0.2) is 0 Å². The summed E-state index contributed by atoms with van der Waals surface area (Å²) in [5.74, 6) is 1.64. The van der Waals surface area contributed by atoms with Gasteiger partial charge < -0.3 is 19.7 Å². The van der Waals surface area contributed by atoms with E-state index in [1.165, 1.54) is 6.07 Å². The van der Waals surface area contributed by atoms with Crippen molar-refractivity contribution in [3.63, 3.8) is 0 Å². The number of ether oxygens (including phenoxy) is 2. The van der Waals surface area contributed by atoms with E-state index >= 15 is 0 Å². The Hall–Kier alpha value is -2.36. The Kier molecular flexibility index (Phi) is 3.14. The zero-order valence-corrected chi connectivity index (χ0v) is 11.2. The number of aromatic hydroxyl groups is 2. The van der Waals surface area contributed by atoms with E-state index in [-0.39, 0.29) is 17.6 Å². The van der Waals surface area contributed by atoms with Gasteiger partial charge in [0.25, 0.3) is 0 Å². The molecule has 0 bridgehead atoms. The molecule has 1 aliphatic rings. The first kappa shape index (κ1) is 12.7. The molecule has 0 fully saturated rings. The van der Waals surface area contributed by atoms with Crippen LogP contribution in [0.1, 0.15) is 23.7 Å². The molecule has 1 heterocycles. The lowest BCUT2D eigenvalue weighted by molar-refractivity contribution is 0.172. The molecular formula is C16H16O4. The largest absolute Gasteiger partial charge is 0.508 e. The summed E-state index contributed by atoms with van der Waals surface area (Å²) in [6.45, 7) is 0. The average Bonchev–Trinajstić information content (AvgIpc) is 2.46. The van der Waals surface area contributed by atoms with Crippen molar-refractivity contribution >= 4 is 0 Å². The highest BCUT2D eigenvalue weighted by molar-refractivity contribution is 5.45. The molecule has 0 spiro atoms. The van der Waals surface area contributed by atoms with Gasteiger partial charge >= 0.3 is 0 Å². The van der Waals surface area contributed by atoms with E-state index < -0.39 is 0 Å². The standard InChI is InChI=1S/C16H16O4/c1-19-12-5-2-10-3-7-15(20-16(10)9-12)13-6-4-11(17)8-14(13)18/h2,4-6,8-9,15,17-18H,3,7H2,1H3. The van der Waals surface area contributed by atoms with Crippen LogP contribution in [0.25, 0.3) is 0 Å². The summed E-state index contributed by atoms with van der Waals surface area (Å²) in [6.07, 6.45) is 1.46. The molecule has 104 valence electrons. The fourth-order valence-electron chi connectivity index (χ4n) is 2.50. The number of hydrogen-bond donors (Lipinski definition) is 2. The number of aryl methyl sites for hydroxylation is 1. The SMILES string of the molecule is COc1ccc2c(c1)OC(c1ccc(O)cc1O)CC2. The third-order valence-corrected chi connectivity index (χ3v) is 3.58. The quantitative estimate of drug-likeness (QED) is 0.881. The molecule has 0 amide bonds. The van der Waals surface area contributed by atoms with Crippen LogP contribution in [0.4, 0.5) is 0 Å². The topological polar surface area (TPSA) is 58.9 Å². The van der Waals surface area contributed by atoms with E-state index in [0.29, 0.717) is 5.56 Å². The van der Waals surface area contributed by atoms with Crippen LogP contribution in [0.5, 0.6) is 23.0 Å². The van der Waals surface area contributed by atoms with E-state index in [0.717, 1.165) is 29.9 Å². The molecule has 2 aromatic carbocycles. The summed E-state index contributed by atoms with van der Waals surface area (Å²) in [7, 11) is 1.62. The van der Waals surface area contributed by atoms with Crippen molar-refractivity contribution in [1.82, 2.24) is 0 Å². The maximum atomic E-state index is 9.93.